The van der Waals surface area contributed by atoms with Crippen molar-refractivity contribution in [3.05, 3.63) is 20.8 Å². The number of thiophene rings is 1. The Bertz CT molecular complexity index is 197. The fourth-order valence-corrected chi connectivity index (χ4v) is 2.05. The first kappa shape index (κ1) is 8.24. The lowest BCUT2D eigenvalue weighted by Gasteiger charge is -1.94. The molecule has 1 nitrogen and oxygen atoms in total. The predicted octanol–water partition coefficient (Wildman–Crippen LogP) is 3.05. The summed E-state index contributed by atoms with van der Waals surface area (Å²) in [5.41, 5.74) is 0. The minimum Gasteiger partial charge on any atom is -0.376 e. The third kappa shape index (κ3) is 2.40. The van der Waals surface area contributed by atoms with Crippen molar-refractivity contribution in [3.8, 4) is 0 Å². The number of hydrogen-bond acceptors (Lipinski definition) is 2. The molecule has 0 aromatic carbocycles. The maximum absolute atomic E-state index is 5.22. The first-order chi connectivity index (χ1) is 4.83. The van der Waals surface area contributed by atoms with E-state index in [0.717, 1.165) is 13.2 Å². The van der Waals surface area contributed by atoms with E-state index in [1.807, 2.05) is 13.0 Å². The van der Waals surface area contributed by atoms with E-state index < -0.39 is 0 Å². The molecular formula is C7H9BrOS. The Labute approximate surface area is 73.1 Å². The number of ether oxygens (including phenoxy) is 1. The summed E-state index contributed by atoms with van der Waals surface area (Å²) < 4.78 is 6.39. The van der Waals surface area contributed by atoms with Crippen molar-refractivity contribution in [1.82, 2.24) is 0 Å². The molecule has 1 aromatic rings. The molecular weight excluding hydrogens is 212 g/mol. The smallest absolute Gasteiger partial charge is 0.0809 e. The maximum atomic E-state index is 5.22. The third-order valence-corrected chi connectivity index (χ3v) is 2.67. The van der Waals surface area contributed by atoms with Gasteiger partial charge in [0.2, 0.25) is 0 Å². The standard InChI is InChI=1S/C7H9BrOS/c1-2-9-5-6-3-4-7(8)10-6/h3-4H,2,5H2,1H3. The zero-order chi connectivity index (χ0) is 7.40. The maximum Gasteiger partial charge on any atom is 0.0809 e. The van der Waals surface area contributed by atoms with Gasteiger partial charge < -0.3 is 4.74 Å². The van der Waals surface area contributed by atoms with Crippen LogP contribution in [0.5, 0.6) is 0 Å². The Hall–Kier alpha value is 0.140. The van der Waals surface area contributed by atoms with E-state index in [1.165, 1.54) is 8.66 Å². The highest BCUT2D eigenvalue weighted by Gasteiger charge is 1.95. The fourth-order valence-electron chi connectivity index (χ4n) is 0.632. The Morgan fingerprint density at radius 2 is 2.40 bits per heavy atom. The zero-order valence-electron chi connectivity index (χ0n) is 5.76. The van der Waals surface area contributed by atoms with Gasteiger partial charge in [-0.05, 0) is 35.0 Å². The van der Waals surface area contributed by atoms with Crippen molar-refractivity contribution in [3.63, 3.8) is 0 Å². The molecule has 0 unspecified atom stereocenters. The molecule has 1 rings (SSSR count). The highest BCUT2D eigenvalue weighted by atomic mass is 79.9. The minimum absolute atomic E-state index is 0.743. The molecule has 0 radical (unpaired) electrons. The third-order valence-electron chi connectivity index (χ3n) is 1.08. The van der Waals surface area contributed by atoms with Gasteiger partial charge in [-0.1, -0.05) is 0 Å². The van der Waals surface area contributed by atoms with Gasteiger partial charge >= 0.3 is 0 Å². The number of halogens is 1. The molecule has 0 atom stereocenters. The van der Waals surface area contributed by atoms with Crippen molar-refractivity contribution in [2.24, 2.45) is 0 Å². The zero-order valence-corrected chi connectivity index (χ0v) is 8.17. The van der Waals surface area contributed by atoms with Gasteiger partial charge in [0, 0.05) is 11.5 Å². The van der Waals surface area contributed by atoms with Crippen LogP contribution in [0.2, 0.25) is 0 Å². The van der Waals surface area contributed by atoms with Crippen LogP contribution >= 0.6 is 27.3 Å². The van der Waals surface area contributed by atoms with E-state index in [9.17, 15) is 0 Å². The van der Waals surface area contributed by atoms with Gasteiger partial charge in [-0.2, -0.15) is 0 Å². The first-order valence-corrected chi connectivity index (χ1v) is 4.76. The summed E-state index contributed by atoms with van der Waals surface area (Å²) in [5, 5.41) is 0. The molecule has 1 heterocycles. The summed E-state index contributed by atoms with van der Waals surface area (Å²) in [6, 6.07) is 4.11. The van der Waals surface area contributed by atoms with E-state index in [0.29, 0.717) is 0 Å². The SMILES string of the molecule is CCOCc1ccc(Br)s1. The Kier molecular flexibility index (Phi) is 3.39. The van der Waals surface area contributed by atoms with Crippen LogP contribution in [0, 0.1) is 0 Å². The second-order valence-corrected chi connectivity index (χ2v) is 4.39. The number of hydrogen-bond donors (Lipinski definition) is 0. The molecule has 0 N–H and O–H groups in total. The van der Waals surface area contributed by atoms with Crippen LogP contribution in [0.15, 0.2) is 15.9 Å². The van der Waals surface area contributed by atoms with Crippen LogP contribution in [0.4, 0.5) is 0 Å². The van der Waals surface area contributed by atoms with E-state index in [1.54, 1.807) is 11.3 Å². The van der Waals surface area contributed by atoms with Crippen LogP contribution in [0.1, 0.15) is 11.8 Å². The van der Waals surface area contributed by atoms with E-state index in [-0.39, 0.29) is 0 Å². The molecule has 0 spiro atoms. The summed E-state index contributed by atoms with van der Waals surface area (Å²) in [5.74, 6) is 0. The lowest BCUT2D eigenvalue weighted by atomic mass is 10.5. The minimum atomic E-state index is 0.743. The number of rotatable bonds is 3. The summed E-state index contributed by atoms with van der Waals surface area (Å²) in [7, 11) is 0. The average molecular weight is 221 g/mol. The van der Waals surface area contributed by atoms with Gasteiger partial charge in [-0.15, -0.1) is 11.3 Å². The van der Waals surface area contributed by atoms with Gasteiger partial charge in [0.25, 0.3) is 0 Å². The summed E-state index contributed by atoms with van der Waals surface area (Å²) in [4.78, 5) is 1.27. The van der Waals surface area contributed by atoms with Gasteiger partial charge in [-0.25, -0.2) is 0 Å². The van der Waals surface area contributed by atoms with Crippen molar-refractivity contribution in [2.45, 2.75) is 13.5 Å². The first-order valence-electron chi connectivity index (χ1n) is 3.15. The average Bonchev–Trinajstić information content (AvgIpc) is 2.31. The molecule has 0 saturated heterocycles. The van der Waals surface area contributed by atoms with Crippen molar-refractivity contribution in [2.75, 3.05) is 6.61 Å². The van der Waals surface area contributed by atoms with Gasteiger partial charge in [0.1, 0.15) is 0 Å². The summed E-state index contributed by atoms with van der Waals surface area (Å²) in [6.07, 6.45) is 0. The monoisotopic (exact) mass is 220 g/mol. The molecule has 0 saturated carbocycles. The molecule has 56 valence electrons. The molecule has 0 aliphatic heterocycles. The van der Waals surface area contributed by atoms with Crippen molar-refractivity contribution < 1.29 is 4.74 Å². The Morgan fingerprint density at radius 3 is 2.90 bits per heavy atom. The largest absolute Gasteiger partial charge is 0.376 e. The van der Waals surface area contributed by atoms with Crippen LogP contribution in [-0.4, -0.2) is 6.61 Å². The van der Waals surface area contributed by atoms with Gasteiger partial charge in [0.15, 0.2) is 0 Å². The van der Waals surface area contributed by atoms with Crippen LogP contribution in [0.3, 0.4) is 0 Å². The quantitative estimate of drug-likeness (QED) is 0.762. The van der Waals surface area contributed by atoms with Crippen LogP contribution in [0.25, 0.3) is 0 Å². The molecule has 0 fully saturated rings. The summed E-state index contributed by atoms with van der Waals surface area (Å²) in [6.45, 7) is 3.53. The molecule has 1 aromatic heterocycles. The van der Waals surface area contributed by atoms with E-state index >= 15 is 0 Å². The summed E-state index contributed by atoms with van der Waals surface area (Å²) >= 11 is 5.11. The predicted molar refractivity (Wildman–Crippen MR) is 47.3 cm³/mol. The second kappa shape index (κ2) is 4.11. The van der Waals surface area contributed by atoms with E-state index in [4.69, 9.17) is 4.74 Å². The van der Waals surface area contributed by atoms with Gasteiger partial charge in [0.05, 0.1) is 10.4 Å². The lowest BCUT2D eigenvalue weighted by Crippen LogP contribution is -1.87. The topological polar surface area (TPSA) is 9.23 Å². The normalized spacial score (nSPS) is 10.2. The van der Waals surface area contributed by atoms with E-state index in [2.05, 4.69) is 22.0 Å². The van der Waals surface area contributed by atoms with Crippen molar-refractivity contribution in [1.29, 1.82) is 0 Å². The van der Waals surface area contributed by atoms with Gasteiger partial charge in [-0.3, -0.25) is 0 Å². The second-order valence-electron chi connectivity index (χ2n) is 1.84. The molecule has 3 heteroatoms. The Morgan fingerprint density at radius 1 is 1.60 bits per heavy atom. The van der Waals surface area contributed by atoms with Crippen molar-refractivity contribution >= 4 is 27.3 Å². The Balaban J connectivity index is 2.42. The molecule has 0 aliphatic carbocycles. The fraction of sp³-hybridized carbons (Fsp3) is 0.429. The molecule has 0 amide bonds. The van der Waals surface area contributed by atoms with Crippen LogP contribution in [-0.2, 0) is 11.3 Å². The molecule has 10 heavy (non-hydrogen) atoms. The molecule has 0 bridgehead atoms. The highest BCUT2D eigenvalue weighted by Crippen LogP contribution is 2.22. The molecule has 0 aliphatic rings. The highest BCUT2D eigenvalue weighted by molar-refractivity contribution is 9.11. The lowest BCUT2D eigenvalue weighted by molar-refractivity contribution is 0.136. The van der Waals surface area contributed by atoms with Crippen LogP contribution < -0.4 is 0 Å².